The van der Waals surface area contributed by atoms with Gasteiger partial charge in [-0.15, -0.1) is 0 Å². The van der Waals surface area contributed by atoms with Crippen molar-refractivity contribution in [2.24, 2.45) is 0 Å². The molecule has 1 aromatic heterocycles. The highest BCUT2D eigenvalue weighted by Gasteiger charge is 2.48. The smallest absolute Gasteiger partial charge is 0.246 e. The molecule has 0 radical (unpaired) electrons. The van der Waals surface area contributed by atoms with Gasteiger partial charge in [0.1, 0.15) is 18.4 Å². The molecule has 1 N–H and O–H groups in total. The number of piperazine rings is 1. The zero-order valence-electron chi connectivity index (χ0n) is 18.8. The van der Waals surface area contributed by atoms with E-state index < -0.39 is 6.04 Å². The molecule has 2 aliphatic heterocycles. The third kappa shape index (κ3) is 3.21. The van der Waals surface area contributed by atoms with Crippen LogP contribution >= 0.6 is 0 Å². The summed E-state index contributed by atoms with van der Waals surface area (Å²) >= 11 is 0. The largest absolute Gasteiger partial charge is 0.356 e. The number of carbonyl (C=O) groups excluding carboxylic acids is 2. The van der Waals surface area contributed by atoms with E-state index in [0.717, 1.165) is 38.9 Å². The number of benzene rings is 3. The lowest BCUT2D eigenvalue weighted by Gasteiger charge is -2.47. The quantitative estimate of drug-likeness (QED) is 0.497. The number of H-pyrrole nitrogens is 1. The van der Waals surface area contributed by atoms with Crippen molar-refractivity contribution in [2.45, 2.75) is 32.0 Å². The fourth-order valence-electron chi connectivity index (χ4n) is 5.49. The molecule has 2 amide bonds. The lowest BCUT2D eigenvalue weighted by Crippen LogP contribution is -2.62. The first-order valence-electron chi connectivity index (χ1n) is 11.5. The summed E-state index contributed by atoms with van der Waals surface area (Å²) in [5.41, 5.74) is 5.98. The van der Waals surface area contributed by atoms with E-state index >= 15 is 0 Å². The van der Waals surface area contributed by atoms with Gasteiger partial charge >= 0.3 is 0 Å². The molecule has 2 atom stereocenters. The molecule has 0 saturated carbocycles. The molecule has 3 heterocycles. The Labute approximate surface area is 196 Å². The molecule has 0 unspecified atom stereocenters. The van der Waals surface area contributed by atoms with Gasteiger partial charge in [0, 0.05) is 29.6 Å². The van der Waals surface area contributed by atoms with E-state index in [0.29, 0.717) is 6.42 Å². The van der Waals surface area contributed by atoms with E-state index in [2.05, 4.69) is 11.1 Å². The number of rotatable bonds is 3. The van der Waals surface area contributed by atoms with Gasteiger partial charge in [-0.25, -0.2) is 4.39 Å². The highest BCUT2D eigenvalue weighted by Crippen LogP contribution is 2.43. The number of para-hydroxylation sites is 1. The zero-order chi connectivity index (χ0) is 23.4. The molecular formula is C28H24FN3O2. The summed E-state index contributed by atoms with van der Waals surface area (Å²) in [7, 11) is 0. The van der Waals surface area contributed by atoms with Crippen LogP contribution in [-0.2, 0) is 22.6 Å². The second-order valence-electron chi connectivity index (χ2n) is 9.16. The first-order chi connectivity index (χ1) is 16.5. The third-order valence-corrected chi connectivity index (χ3v) is 7.11. The summed E-state index contributed by atoms with van der Waals surface area (Å²) in [6, 6.07) is 21.3. The molecule has 170 valence electrons. The fraction of sp³-hybridized carbons (Fsp3) is 0.214. The SMILES string of the molecule is Cc1ccccc1[C@H]1c2[nH]c3ccccc3c2C[C@H]2C(=O)N(Cc3ccc(F)cc3)CC(=O)N12. The standard InChI is InChI=1S/C28H24FN3O2/c1-17-6-2-3-7-20(17)27-26-22(21-8-4-5-9-23(21)30-26)14-24-28(34)31(16-25(33)32(24)27)15-18-10-12-19(29)13-11-18/h2-13,24,27,30H,14-16H2,1H3/t24-,27-/m0/s1. The highest BCUT2D eigenvalue weighted by atomic mass is 19.1. The normalized spacial score (nSPS) is 19.9. The lowest BCUT2D eigenvalue weighted by atomic mass is 9.85. The van der Waals surface area contributed by atoms with E-state index in [1.165, 1.54) is 12.1 Å². The van der Waals surface area contributed by atoms with Crippen molar-refractivity contribution in [3.05, 3.63) is 107 Å². The van der Waals surface area contributed by atoms with Gasteiger partial charge in [0.15, 0.2) is 0 Å². The van der Waals surface area contributed by atoms with Crippen LogP contribution in [0.3, 0.4) is 0 Å². The van der Waals surface area contributed by atoms with Gasteiger partial charge in [0.2, 0.25) is 11.8 Å². The number of nitrogens with zero attached hydrogens (tertiary/aromatic N) is 2. The molecule has 0 bridgehead atoms. The zero-order valence-corrected chi connectivity index (χ0v) is 18.8. The molecule has 6 heteroatoms. The number of fused-ring (bicyclic) bond motifs is 4. The maximum atomic E-state index is 13.8. The number of amides is 2. The number of hydrogen-bond donors (Lipinski definition) is 1. The first-order valence-corrected chi connectivity index (χ1v) is 11.5. The maximum absolute atomic E-state index is 13.8. The van der Waals surface area contributed by atoms with Crippen molar-refractivity contribution in [1.29, 1.82) is 0 Å². The van der Waals surface area contributed by atoms with Crippen molar-refractivity contribution in [1.82, 2.24) is 14.8 Å². The van der Waals surface area contributed by atoms with Crippen molar-refractivity contribution in [3.8, 4) is 0 Å². The highest BCUT2D eigenvalue weighted by molar-refractivity contribution is 5.97. The Kier molecular flexibility index (Phi) is 4.76. The Bertz CT molecular complexity index is 1430. The van der Waals surface area contributed by atoms with Gasteiger partial charge in [-0.05, 0) is 47.4 Å². The summed E-state index contributed by atoms with van der Waals surface area (Å²) in [5.74, 6) is -0.473. The average molecular weight is 454 g/mol. The van der Waals surface area contributed by atoms with Gasteiger partial charge in [-0.1, -0.05) is 54.6 Å². The molecular weight excluding hydrogens is 429 g/mol. The minimum absolute atomic E-state index is 0.00462. The van der Waals surface area contributed by atoms with Gasteiger partial charge in [-0.2, -0.15) is 0 Å². The van der Waals surface area contributed by atoms with Crippen LogP contribution in [0.5, 0.6) is 0 Å². The number of aryl methyl sites for hydroxylation is 1. The second kappa shape index (κ2) is 7.83. The van der Waals surface area contributed by atoms with Crippen LogP contribution < -0.4 is 0 Å². The minimum atomic E-state index is -0.585. The summed E-state index contributed by atoms with van der Waals surface area (Å²) < 4.78 is 13.4. The maximum Gasteiger partial charge on any atom is 0.246 e. The molecule has 3 aromatic carbocycles. The number of nitrogens with one attached hydrogen (secondary N) is 1. The van der Waals surface area contributed by atoms with Gasteiger partial charge in [0.25, 0.3) is 0 Å². The van der Waals surface area contributed by atoms with E-state index in [1.54, 1.807) is 21.9 Å². The third-order valence-electron chi connectivity index (χ3n) is 7.11. The first kappa shape index (κ1) is 20.7. The number of hydrogen-bond acceptors (Lipinski definition) is 2. The molecule has 6 rings (SSSR count). The van der Waals surface area contributed by atoms with Crippen LogP contribution in [0.25, 0.3) is 10.9 Å². The van der Waals surface area contributed by atoms with Gasteiger partial charge in [-0.3, -0.25) is 9.59 Å². The predicted octanol–water partition coefficient (Wildman–Crippen LogP) is 4.50. The Morgan fingerprint density at radius 3 is 2.50 bits per heavy atom. The van der Waals surface area contributed by atoms with Crippen molar-refractivity contribution >= 4 is 22.7 Å². The molecule has 4 aromatic rings. The van der Waals surface area contributed by atoms with E-state index in [4.69, 9.17) is 0 Å². The van der Waals surface area contributed by atoms with Crippen molar-refractivity contribution < 1.29 is 14.0 Å². The summed E-state index contributed by atoms with van der Waals surface area (Å²) in [6.07, 6.45) is 0.465. The molecule has 0 spiro atoms. The molecule has 1 fully saturated rings. The second-order valence-corrected chi connectivity index (χ2v) is 9.16. The topological polar surface area (TPSA) is 56.4 Å². The average Bonchev–Trinajstić information content (AvgIpc) is 3.21. The molecule has 0 aliphatic carbocycles. The number of aromatic amines is 1. The van der Waals surface area contributed by atoms with Crippen LogP contribution in [0.1, 0.15) is 34.0 Å². The Morgan fingerprint density at radius 1 is 0.971 bits per heavy atom. The summed E-state index contributed by atoms with van der Waals surface area (Å²) in [4.78, 5) is 34.3. The van der Waals surface area contributed by atoms with E-state index in [9.17, 15) is 14.0 Å². The van der Waals surface area contributed by atoms with Crippen LogP contribution in [0.2, 0.25) is 0 Å². The van der Waals surface area contributed by atoms with Crippen LogP contribution in [0.4, 0.5) is 4.39 Å². The number of carbonyl (C=O) groups is 2. The molecule has 1 saturated heterocycles. The van der Waals surface area contributed by atoms with E-state index in [-0.39, 0.29) is 36.8 Å². The van der Waals surface area contributed by atoms with Crippen LogP contribution in [-0.4, -0.2) is 39.2 Å². The predicted molar refractivity (Wildman–Crippen MR) is 127 cm³/mol. The van der Waals surface area contributed by atoms with Crippen LogP contribution in [0, 0.1) is 12.7 Å². The van der Waals surface area contributed by atoms with Crippen molar-refractivity contribution in [2.75, 3.05) is 6.54 Å². The van der Waals surface area contributed by atoms with Crippen LogP contribution in [0.15, 0.2) is 72.8 Å². The Hall–Kier alpha value is -3.93. The summed E-state index contributed by atoms with van der Waals surface area (Å²) in [6.45, 7) is 2.33. The van der Waals surface area contributed by atoms with E-state index in [1.807, 2.05) is 49.4 Å². The lowest BCUT2D eigenvalue weighted by molar-refractivity contribution is -0.159. The minimum Gasteiger partial charge on any atom is -0.356 e. The fourth-order valence-corrected chi connectivity index (χ4v) is 5.49. The van der Waals surface area contributed by atoms with Crippen molar-refractivity contribution in [3.63, 3.8) is 0 Å². The monoisotopic (exact) mass is 453 g/mol. The number of aromatic nitrogens is 1. The molecule has 2 aliphatic rings. The van der Waals surface area contributed by atoms with Gasteiger partial charge < -0.3 is 14.8 Å². The Morgan fingerprint density at radius 2 is 1.71 bits per heavy atom. The Balaban J connectivity index is 1.46. The number of halogens is 1. The van der Waals surface area contributed by atoms with Gasteiger partial charge in [0.05, 0.1) is 6.04 Å². The molecule has 34 heavy (non-hydrogen) atoms. The summed E-state index contributed by atoms with van der Waals surface area (Å²) in [5, 5.41) is 1.09. The molecule has 5 nitrogen and oxygen atoms in total.